The van der Waals surface area contributed by atoms with Crippen LogP contribution in [0.5, 0.6) is 0 Å². The second kappa shape index (κ2) is 7.49. The van der Waals surface area contributed by atoms with Crippen LogP contribution < -0.4 is 0 Å². The summed E-state index contributed by atoms with van der Waals surface area (Å²) in [6, 6.07) is 2.39. The standard InChI is InChI=1S/C15H26N2O2/c1-13(2)17(10-7-11-18)14(19)15(12-16)8-5-3-4-6-9-15/h13,18H,3-11H2,1-2H3. The molecule has 1 saturated carbocycles. The lowest BCUT2D eigenvalue weighted by Crippen LogP contribution is -2.47. The molecule has 1 N–H and O–H groups in total. The van der Waals surface area contributed by atoms with Gasteiger partial charge in [0, 0.05) is 19.2 Å². The molecule has 0 heterocycles. The third-order valence-electron chi connectivity index (χ3n) is 4.02. The van der Waals surface area contributed by atoms with E-state index in [1.165, 1.54) is 0 Å². The van der Waals surface area contributed by atoms with E-state index in [0.29, 0.717) is 25.8 Å². The number of amides is 1. The minimum atomic E-state index is -0.823. The summed E-state index contributed by atoms with van der Waals surface area (Å²) in [6.07, 6.45) is 6.11. The van der Waals surface area contributed by atoms with Crippen molar-refractivity contribution in [3.63, 3.8) is 0 Å². The highest BCUT2D eigenvalue weighted by Gasteiger charge is 2.42. The van der Waals surface area contributed by atoms with Crippen LogP contribution in [0.4, 0.5) is 0 Å². The highest BCUT2D eigenvalue weighted by molar-refractivity contribution is 5.85. The van der Waals surface area contributed by atoms with Gasteiger partial charge < -0.3 is 10.0 Å². The van der Waals surface area contributed by atoms with E-state index in [1.807, 2.05) is 13.8 Å². The number of carbonyl (C=O) groups excluding carboxylic acids is 1. The molecular weight excluding hydrogens is 240 g/mol. The maximum absolute atomic E-state index is 12.8. The minimum Gasteiger partial charge on any atom is -0.396 e. The van der Waals surface area contributed by atoms with Gasteiger partial charge in [0.05, 0.1) is 6.07 Å². The molecule has 0 aromatic heterocycles. The van der Waals surface area contributed by atoms with E-state index in [2.05, 4.69) is 6.07 Å². The van der Waals surface area contributed by atoms with E-state index in [0.717, 1.165) is 25.7 Å². The van der Waals surface area contributed by atoms with Crippen molar-refractivity contribution in [1.82, 2.24) is 4.90 Å². The van der Waals surface area contributed by atoms with Crippen LogP contribution >= 0.6 is 0 Å². The monoisotopic (exact) mass is 266 g/mol. The lowest BCUT2D eigenvalue weighted by molar-refractivity contribution is -0.141. The number of hydrogen-bond acceptors (Lipinski definition) is 3. The third-order valence-corrected chi connectivity index (χ3v) is 4.02. The average Bonchev–Trinajstić information content (AvgIpc) is 2.64. The van der Waals surface area contributed by atoms with Gasteiger partial charge in [0.15, 0.2) is 0 Å². The van der Waals surface area contributed by atoms with Crippen LogP contribution in [-0.4, -0.2) is 35.1 Å². The largest absolute Gasteiger partial charge is 0.396 e. The molecule has 108 valence electrons. The first-order valence-electron chi connectivity index (χ1n) is 7.40. The maximum Gasteiger partial charge on any atom is 0.243 e. The van der Waals surface area contributed by atoms with Gasteiger partial charge in [-0.1, -0.05) is 25.7 Å². The van der Waals surface area contributed by atoms with Crippen LogP contribution in [-0.2, 0) is 4.79 Å². The van der Waals surface area contributed by atoms with Crippen LogP contribution in [0, 0.1) is 16.7 Å². The molecule has 0 aliphatic heterocycles. The number of rotatable bonds is 5. The predicted octanol–water partition coefficient (Wildman–Crippen LogP) is 2.47. The van der Waals surface area contributed by atoms with Gasteiger partial charge in [-0.15, -0.1) is 0 Å². The summed E-state index contributed by atoms with van der Waals surface area (Å²) >= 11 is 0. The Bertz CT molecular complexity index is 326. The van der Waals surface area contributed by atoms with Crippen molar-refractivity contribution >= 4 is 5.91 Å². The van der Waals surface area contributed by atoms with Crippen molar-refractivity contribution < 1.29 is 9.90 Å². The van der Waals surface area contributed by atoms with Crippen molar-refractivity contribution in [2.24, 2.45) is 5.41 Å². The molecule has 4 heteroatoms. The van der Waals surface area contributed by atoms with E-state index in [-0.39, 0.29) is 18.6 Å². The molecule has 1 amide bonds. The SMILES string of the molecule is CC(C)N(CCCO)C(=O)C1(C#N)CCCCCC1. The Morgan fingerprint density at radius 2 is 1.89 bits per heavy atom. The number of aliphatic hydroxyl groups is 1. The molecule has 0 spiro atoms. The van der Waals surface area contributed by atoms with Gasteiger partial charge in [0.2, 0.25) is 5.91 Å². The number of aliphatic hydroxyl groups excluding tert-OH is 1. The van der Waals surface area contributed by atoms with Crippen LogP contribution in [0.1, 0.15) is 58.8 Å². The summed E-state index contributed by atoms with van der Waals surface area (Å²) in [5.74, 6) is -0.0275. The van der Waals surface area contributed by atoms with E-state index < -0.39 is 5.41 Å². The van der Waals surface area contributed by atoms with Crippen molar-refractivity contribution in [2.75, 3.05) is 13.2 Å². The van der Waals surface area contributed by atoms with Gasteiger partial charge in [-0.2, -0.15) is 5.26 Å². The molecule has 1 rings (SSSR count). The Balaban J connectivity index is 2.87. The van der Waals surface area contributed by atoms with Gasteiger partial charge in [-0.25, -0.2) is 0 Å². The zero-order valence-corrected chi connectivity index (χ0v) is 12.2. The number of hydrogen-bond donors (Lipinski definition) is 1. The Labute approximate surface area is 116 Å². The molecule has 19 heavy (non-hydrogen) atoms. The topological polar surface area (TPSA) is 64.3 Å². The van der Waals surface area contributed by atoms with Gasteiger partial charge in [0.25, 0.3) is 0 Å². The second-order valence-corrected chi connectivity index (χ2v) is 5.78. The minimum absolute atomic E-state index is 0.0275. The highest BCUT2D eigenvalue weighted by atomic mass is 16.3. The van der Waals surface area contributed by atoms with Crippen LogP contribution in [0.25, 0.3) is 0 Å². The molecule has 0 aromatic rings. The van der Waals surface area contributed by atoms with Gasteiger partial charge in [-0.05, 0) is 33.1 Å². The Morgan fingerprint density at radius 1 is 1.32 bits per heavy atom. The van der Waals surface area contributed by atoms with Crippen molar-refractivity contribution in [3.8, 4) is 6.07 Å². The Hall–Kier alpha value is -1.08. The zero-order valence-electron chi connectivity index (χ0n) is 12.2. The lowest BCUT2D eigenvalue weighted by Gasteiger charge is -2.34. The summed E-state index contributed by atoms with van der Waals surface area (Å²) in [7, 11) is 0. The summed E-state index contributed by atoms with van der Waals surface area (Å²) in [4.78, 5) is 14.5. The first-order valence-corrected chi connectivity index (χ1v) is 7.40. The van der Waals surface area contributed by atoms with E-state index in [4.69, 9.17) is 5.11 Å². The molecule has 0 radical (unpaired) electrons. The molecule has 0 atom stereocenters. The molecule has 0 unspecified atom stereocenters. The normalized spacial score (nSPS) is 18.7. The summed E-state index contributed by atoms with van der Waals surface area (Å²) in [5.41, 5.74) is -0.823. The fourth-order valence-electron chi connectivity index (χ4n) is 2.82. The summed E-state index contributed by atoms with van der Waals surface area (Å²) in [5, 5.41) is 18.5. The molecule has 0 saturated heterocycles. The van der Waals surface area contributed by atoms with Crippen LogP contribution in [0.2, 0.25) is 0 Å². The number of nitriles is 1. The van der Waals surface area contributed by atoms with Crippen molar-refractivity contribution in [1.29, 1.82) is 5.26 Å². The summed E-state index contributed by atoms with van der Waals surface area (Å²) in [6.45, 7) is 4.56. The summed E-state index contributed by atoms with van der Waals surface area (Å²) < 4.78 is 0. The highest BCUT2D eigenvalue weighted by Crippen LogP contribution is 2.36. The molecule has 4 nitrogen and oxygen atoms in total. The molecule has 1 fully saturated rings. The quantitative estimate of drug-likeness (QED) is 0.777. The predicted molar refractivity (Wildman–Crippen MR) is 74.3 cm³/mol. The molecular formula is C15H26N2O2. The molecule has 1 aliphatic carbocycles. The van der Waals surface area contributed by atoms with Gasteiger partial charge in [-0.3, -0.25) is 4.79 Å². The Kier molecular flexibility index (Phi) is 6.30. The Morgan fingerprint density at radius 3 is 2.32 bits per heavy atom. The first kappa shape index (κ1) is 16.0. The van der Waals surface area contributed by atoms with Crippen molar-refractivity contribution in [2.45, 2.75) is 64.8 Å². The van der Waals surface area contributed by atoms with Gasteiger partial charge in [0.1, 0.15) is 5.41 Å². The lowest BCUT2D eigenvalue weighted by atomic mass is 9.80. The van der Waals surface area contributed by atoms with E-state index in [9.17, 15) is 10.1 Å². The second-order valence-electron chi connectivity index (χ2n) is 5.78. The first-order chi connectivity index (χ1) is 9.07. The van der Waals surface area contributed by atoms with E-state index >= 15 is 0 Å². The van der Waals surface area contributed by atoms with Crippen LogP contribution in [0.3, 0.4) is 0 Å². The third kappa shape index (κ3) is 3.94. The fraction of sp³-hybridized carbons (Fsp3) is 0.867. The van der Waals surface area contributed by atoms with Crippen LogP contribution in [0.15, 0.2) is 0 Å². The fourth-order valence-corrected chi connectivity index (χ4v) is 2.82. The maximum atomic E-state index is 12.8. The average molecular weight is 266 g/mol. The van der Waals surface area contributed by atoms with Crippen molar-refractivity contribution in [3.05, 3.63) is 0 Å². The molecule has 0 aromatic carbocycles. The smallest absolute Gasteiger partial charge is 0.243 e. The number of carbonyl (C=O) groups is 1. The molecule has 0 bridgehead atoms. The van der Waals surface area contributed by atoms with Gasteiger partial charge >= 0.3 is 0 Å². The number of nitrogens with zero attached hydrogens (tertiary/aromatic N) is 2. The zero-order chi connectivity index (χ0) is 14.3. The molecule has 1 aliphatic rings. The van der Waals surface area contributed by atoms with E-state index in [1.54, 1.807) is 4.90 Å².